The van der Waals surface area contributed by atoms with Crippen LogP contribution in [0.3, 0.4) is 0 Å². The SMILES string of the molecule is CC(C)Sc1c(OCC2(C(=O)NCCN)CCC2)noc1C(=O)NC1C2CC3CC(C2)CC1C3.Cl. The lowest BCUT2D eigenvalue weighted by Crippen LogP contribution is -2.55. The number of nitrogens with two attached hydrogens (primary N) is 1. The molecule has 35 heavy (non-hydrogen) atoms. The summed E-state index contributed by atoms with van der Waals surface area (Å²) in [6.07, 6.45) is 8.88. The molecule has 196 valence electrons. The standard InChI is InChI=1S/C25H38N4O4S.ClH/c1-14(2)34-21-20(22(30)28-19-17-9-15-8-16(11-17)12-18(19)10-15)33-29-23(21)32-13-25(4-3-5-25)24(31)27-7-6-26;/h14-19H,3-13,26H2,1-2H3,(H,27,31)(H,28,30);1H. The maximum absolute atomic E-state index is 13.4. The molecule has 5 aliphatic carbocycles. The Balaban J connectivity index is 0.00000289. The second-order valence-electron chi connectivity index (χ2n) is 11.2. The van der Waals surface area contributed by atoms with Gasteiger partial charge < -0.3 is 25.6 Å². The number of amides is 2. The molecule has 4 bridgehead atoms. The van der Waals surface area contributed by atoms with E-state index in [1.165, 1.54) is 43.9 Å². The first-order chi connectivity index (χ1) is 16.4. The van der Waals surface area contributed by atoms with Gasteiger partial charge in [-0.25, -0.2) is 0 Å². The Labute approximate surface area is 218 Å². The van der Waals surface area contributed by atoms with Gasteiger partial charge in [0.1, 0.15) is 11.5 Å². The number of halogens is 1. The molecule has 1 aromatic heterocycles. The Morgan fingerprint density at radius 2 is 1.83 bits per heavy atom. The van der Waals surface area contributed by atoms with Gasteiger partial charge in [0.05, 0.1) is 5.41 Å². The first kappa shape index (κ1) is 26.6. The van der Waals surface area contributed by atoms with E-state index in [4.69, 9.17) is 15.0 Å². The van der Waals surface area contributed by atoms with E-state index in [1.807, 2.05) is 0 Å². The van der Waals surface area contributed by atoms with Crippen molar-refractivity contribution in [2.45, 2.75) is 81.4 Å². The van der Waals surface area contributed by atoms with Crippen LogP contribution in [0.5, 0.6) is 5.88 Å². The first-order valence-corrected chi connectivity index (χ1v) is 13.8. The summed E-state index contributed by atoms with van der Waals surface area (Å²) in [4.78, 5) is 26.7. The third-order valence-corrected chi connectivity index (χ3v) is 9.48. The summed E-state index contributed by atoms with van der Waals surface area (Å²) < 4.78 is 11.6. The molecule has 5 aliphatic rings. The lowest BCUT2D eigenvalue weighted by Gasteiger charge is -2.54. The van der Waals surface area contributed by atoms with Gasteiger partial charge in [-0.05, 0) is 73.8 Å². The molecule has 0 aliphatic heterocycles. The highest BCUT2D eigenvalue weighted by Crippen LogP contribution is 2.54. The van der Waals surface area contributed by atoms with Crippen molar-refractivity contribution in [1.29, 1.82) is 0 Å². The van der Waals surface area contributed by atoms with E-state index in [2.05, 4.69) is 29.6 Å². The summed E-state index contributed by atoms with van der Waals surface area (Å²) in [5.41, 5.74) is 4.98. The van der Waals surface area contributed by atoms with Crippen LogP contribution in [0.1, 0.15) is 75.8 Å². The Morgan fingerprint density at radius 3 is 2.37 bits per heavy atom. The molecule has 1 heterocycles. The highest BCUT2D eigenvalue weighted by molar-refractivity contribution is 8.00. The second kappa shape index (κ2) is 10.9. The minimum atomic E-state index is -0.559. The largest absolute Gasteiger partial charge is 0.474 e. The van der Waals surface area contributed by atoms with Gasteiger partial charge in [0, 0.05) is 24.4 Å². The maximum Gasteiger partial charge on any atom is 0.291 e. The van der Waals surface area contributed by atoms with Gasteiger partial charge in [-0.1, -0.05) is 20.3 Å². The predicted molar refractivity (Wildman–Crippen MR) is 137 cm³/mol. The van der Waals surface area contributed by atoms with Crippen molar-refractivity contribution in [2.75, 3.05) is 19.7 Å². The van der Waals surface area contributed by atoms with Crippen LogP contribution in [0.25, 0.3) is 0 Å². The molecule has 0 aromatic carbocycles. The average molecular weight is 527 g/mol. The number of hydrogen-bond donors (Lipinski definition) is 3. The molecule has 0 radical (unpaired) electrons. The highest BCUT2D eigenvalue weighted by Gasteiger charge is 2.49. The highest BCUT2D eigenvalue weighted by atomic mass is 35.5. The second-order valence-corrected chi connectivity index (χ2v) is 12.8. The zero-order valence-corrected chi connectivity index (χ0v) is 22.3. The van der Waals surface area contributed by atoms with E-state index in [-0.39, 0.29) is 47.9 Å². The number of nitrogens with zero attached hydrogens (tertiary/aromatic N) is 1. The number of nitrogens with one attached hydrogen (secondary N) is 2. The topological polar surface area (TPSA) is 119 Å². The third-order valence-electron chi connectivity index (χ3n) is 8.41. The van der Waals surface area contributed by atoms with Crippen molar-refractivity contribution >= 4 is 36.0 Å². The number of aromatic nitrogens is 1. The molecule has 0 atom stereocenters. The molecule has 6 rings (SSSR count). The van der Waals surface area contributed by atoms with Crippen LogP contribution in [0.2, 0.25) is 0 Å². The van der Waals surface area contributed by atoms with Gasteiger partial charge in [0.2, 0.25) is 11.7 Å². The fraction of sp³-hybridized carbons (Fsp3) is 0.800. The van der Waals surface area contributed by atoms with Crippen LogP contribution < -0.4 is 21.1 Å². The van der Waals surface area contributed by atoms with Crippen LogP contribution in [0.15, 0.2) is 9.42 Å². The number of ether oxygens (including phenoxy) is 1. The normalized spacial score (nSPS) is 29.9. The summed E-state index contributed by atoms with van der Waals surface area (Å²) in [6, 6.07) is 0.233. The summed E-state index contributed by atoms with van der Waals surface area (Å²) in [6.45, 7) is 5.21. The number of carbonyl (C=O) groups is 2. The Hall–Kier alpha value is -1.45. The predicted octanol–water partition coefficient (Wildman–Crippen LogP) is 3.78. The van der Waals surface area contributed by atoms with Crippen LogP contribution >= 0.6 is 24.2 Å². The fourth-order valence-electron chi connectivity index (χ4n) is 6.84. The van der Waals surface area contributed by atoms with E-state index in [1.54, 1.807) is 0 Å². The van der Waals surface area contributed by atoms with Crippen LogP contribution in [-0.4, -0.2) is 48.0 Å². The van der Waals surface area contributed by atoms with Gasteiger partial charge in [0.25, 0.3) is 11.8 Å². The van der Waals surface area contributed by atoms with Crippen molar-refractivity contribution in [1.82, 2.24) is 15.8 Å². The molecule has 10 heteroatoms. The fourth-order valence-corrected chi connectivity index (χ4v) is 7.75. The zero-order valence-electron chi connectivity index (χ0n) is 20.7. The van der Waals surface area contributed by atoms with E-state index < -0.39 is 5.41 Å². The Bertz CT molecular complexity index is 891. The third kappa shape index (κ3) is 5.32. The molecule has 1 aromatic rings. The monoisotopic (exact) mass is 526 g/mol. The molecule has 8 nitrogen and oxygen atoms in total. The van der Waals surface area contributed by atoms with Crippen LogP contribution in [0, 0.1) is 29.1 Å². The molecule has 2 amide bonds. The van der Waals surface area contributed by atoms with E-state index in [0.717, 1.165) is 31.1 Å². The van der Waals surface area contributed by atoms with Crippen molar-refractivity contribution in [3.05, 3.63) is 5.76 Å². The van der Waals surface area contributed by atoms with E-state index in [9.17, 15) is 9.59 Å². The van der Waals surface area contributed by atoms with Gasteiger partial charge in [-0.2, -0.15) is 0 Å². The number of thioether (sulfide) groups is 1. The van der Waals surface area contributed by atoms with E-state index in [0.29, 0.717) is 35.7 Å². The zero-order chi connectivity index (χ0) is 23.9. The summed E-state index contributed by atoms with van der Waals surface area (Å²) in [7, 11) is 0. The number of hydrogen-bond acceptors (Lipinski definition) is 7. The molecule has 5 fully saturated rings. The summed E-state index contributed by atoms with van der Waals surface area (Å²) >= 11 is 1.52. The molecule has 0 spiro atoms. The average Bonchev–Trinajstić information content (AvgIpc) is 3.15. The quantitative estimate of drug-likeness (QED) is 0.397. The van der Waals surface area contributed by atoms with Crippen molar-refractivity contribution in [3.8, 4) is 5.88 Å². The molecular formula is C25H39ClN4O4S. The lowest BCUT2D eigenvalue weighted by atomic mass is 9.54. The smallest absolute Gasteiger partial charge is 0.291 e. The van der Waals surface area contributed by atoms with Gasteiger partial charge >= 0.3 is 0 Å². The lowest BCUT2D eigenvalue weighted by molar-refractivity contribution is -0.138. The van der Waals surface area contributed by atoms with Crippen LogP contribution in [0.4, 0.5) is 0 Å². The Morgan fingerprint density at radius 1 is 1.17 bits per heavy atom. The van der Waals surface area contributed by atoms with E-state index >= 15 is 0 Å². The maximum atomic E-state index is 13.4. The minimum Gasteiger partial charge on any atom is -0.474 e. The van der Waals surface area contributed by atoms with Crippen molar-refractivity contribution in [2.24, 2.45) is 34.8 Å². The van der Waals surface area contributed by atoms with Crippen LogP contribution in [-0.2, 0) is 4.79 Å². The minimum absolute atomic E-state index is 0. The molecule has 0 unspecified atom stereocenters. The summed E-state index contributed by atoms with van der Waals surface area (Å²) in [5, 5.41) is 10.6. The van der Waals surface area contributed by atoms with Crippen molar-refractivity contribution in [3.63, 3.8) is 0 Å². The summed E-state index contributed by atoms with van der Waals surface area (Å²) in [5.74, 6) is 3.22. The number of carbonyl (C=O) groups excluding carboxylic acids is 2. The molecule has 5 saturated carbocycles. The van der Waals surface area contributed by atoms with Gasteiger partial charge in [0.15, 0.2) is 0 Å². The van der Waals surface area contributed by atoms with Crippen molar-refractivity contribution < 1.29 is 18.8 Å². The molecular weight excluding hydrogens is 488 g/mol. The first-order valence-electron chi connectivity index (χ1n) is 13.0. The Kier molecular flexibility index (Phi) is 8.28. The van der Waals surface area contributed by atoms with Gasteiger partial charge in [-0.15, -0.1) is 24.2 Å². The molecule has 4 N–H and O–H groups in total. The number of rotatable bonds is 10. The van der Waals surface area contributed by atoms with Gasteiger partial charge in [-0.3, -0.25) is 9.59 Å². The molecule has 0 saturated heterocycles.